The van der Waals surface area contributed by atoms with Crippen molar-refractivity contribution in [1.29, 1.82) is 0 Å². The molecular weight excluding hydrogens is 830 g/mol. The molecule has 6 nitrogen and oxygen atoms in total. The molecule has 0 N–H and O–H groups in total. The molecule has 6 rings (SSSR count). The van der Waals surface area contributed by atoms with Gasteiger partial charge in [-0.15, -0.1) is 19.7 Å². The largest absolute Gasteiger partial charge is 0.491 e. The van der Waals surface area contributed by atoms with Crippen molar-refractivity contribution in [2.24, 2.45) is 0 Å². The molecular formula is C40H50I2O6. The first-order chi connectivity index (χ1) is 23.4. The molecule has 0 saturated carbocycles. The number of halogens is 2. The van der Waals surface area contributed by atoms with Crippen LogP contribution in [0.15, 0.2) is 105 Å². The van der Waals surface area contributed by atoms with Crippen molar-refractivity contribution in [2.75, 3.05) is 39.6 Å². The Bertz CT molecular complexity index is 1320. The third kappa shape index (κ3) is 14.2. The van der Waals surface area contributed by atoms with Gasteiger partial charge in [-0.25, -0.2) is 0 Å². The molecule has 3 saturated heterocycles. The Balaban J connectivity index is 0.000000302. The van der Waals surface area contributed by atoms with Crippen molar-refractivity contribution >= 4 is 37.2 Å². The summed E-state index contributed by atoms with van der Waals surface area (Å²) < 4.78 is 32.9. The van der Waals surface area contributed by atoms with Crippen LogP contribution in [0, 0.1) is 0 Å². The molecule has 3 aliphatic heterocycles. The molecule has 3 aromatic rings. The molecule has 0 radical (unpaired) electrons. The van der Waals surface area contributed by atoms with Crippen molar-refractivity contribution in [3.63, 3.8) is 0 Å². The Kier molecular flexibility index (Phi) is 18.1. The summed E-state index contributed by atoms with van der Waals surface area (Å²) in [6.07, 6.45) is 9.15. The molecule has 3 atom stereocenters. The maximum Gasteiger partial charge on any atom is 0.122 e. The van der Waals surface area contributed by atoms with Crippen LogP contribution in [0.5, 0.6) is 17.2 Å². The summed E-state index contributed by atoms with van der Waals surface area (Å²) in [5, 5.41) is 0. The molecule has 3 unspecified atom stereocenters. The molecule has 8 heteroatoms. The van der Waals surface area contributed by atoms with Crippen LogP contribution in [0.2, 0.25) is 0 Å². The number of allylic oxidation sites excluding steroid dienone is 3. The molecule has 260 valence electrons. The first-order valence-corrected chi connectivity index (χ1v) is 22.7. The summed E-state index contributed by atoms with van der Waals surface area (Å²) in [5.74, 6) is 2.74. The lowest BCUT2D eigenvalue weighted by atomic mass is 9.77. The van der Waals surface area contributed by atoms with Gasteiger partial charge in [0, 0.05) is 42.6 Å². The van der Waals surface area contributed by atoms with E-state index in [1.54, 1.807) is 0 Å². The maximum absolute atomic E-state index is 5.99. The normalized spacial score (nSPS) is 18.1. The molecule has 3 heterocycles. The zero-order chi connectivity index (χ0) is 34.8. The van der Waals surface area contributed by atoms with Crippen molar-refractivity contribution < 1.29 is 28.4 Å². The standard InChI is InChI=1S/C27H32O4.C9H10O2.C4H8.I2/c1-5-7-19-13-21(9-11-25(19)30-17-23-15-28-23)27(3,4)22-10-12-26(20(14-22)8-6-2)31-18-24-16-29-24;1-2-4-8(5-3-1)10-6-9-7-11-9;1-3-4-2;1-2/h5-6,9-14,23-24H,1-2,7-8,15-18H2,3-4H3;1-5,9H,6-7H2;3H,1,4H2,2H3;. The van der Waals surface area contributed by atoms with Crippen LogP contribution >= 0.6 is 37.2 Å². The topological polar surface area (TPSA) is 65.3 Å². The van der Waals surface area contributed by atoms with Gasteiger partial charge in [0.2, 0.25) is 0 Å². The monoisotopic (exact) mass is 880 g/mol. The second-order valence-electron chi connectivity index (χ2n) is 12.1. The van der Waals surface area contributed by atoms with Crippen LogP contribution in [0.25, 0.3) is 0 Å². The summed E-state index contributed by atoms with van der Waals surface area (Å²) in [6, 6.07) is 22.8. The molecule has 3 aliphatic rings. The molecule has 3 aromatic carbocycles. The van der Waals surface area contributed by atoms with E-state index in [2.05, 4.69) is 114 Å². The van der Waals surface area contributed by atoms with Crippen molar-refractivity contribution in [2.45, 2.75) is 63.8 Å². The quantitative estimate of drug-likeness (QED) is 0.0812. The molecule has 0 bridgehead atoms. The number of para-hydroxylation sites is 1. The van der Waals surface area contributed by atoms with E-state index in [0.717, 1.165) is 67.5 Å². The van der Waals surface area contributed by atoms with E-state index in [4.69, 9.17) is 28.4 Å². The lowest BCUT2D eigenvalue weighted by molar-refractivity contribution is 0.261. The number of hydrogen-bond donors (Lipinski definition) is 0. The van der Waals surface area contributed by atoms with Gasteiger partial charge in [-0.3, -0.25) is 0 Å². The number of epoxide rings is 3. The summed E-state index contributed by atoms with van der Waals surface area (Å²) in [6.45, 7) is 22.2. The van der Waals surface area contributed by atoms with Gasteiger partial charge in [0.05, 0.1) is 19.8 Å². The molecule has 0 spiro atoms. The Morgan fingerprint density at radius 3 is 1.42 bits per heavy atom. The smallest absolute Gasteiger partial charge is 0.122 e. The summed E-state index contributed by atoms with van der Waals surface area (Å²) >= 11 is 4.24. The molecule has 0 aliphatic carbocycles. The minimum atomic E-state index is -0.178. The fraction of sp³-hybridized carbons (Fsp3) is 0.400. The summed E-state index contributed by atoms with van der Waals surface area (Å²) in [4.78, 5) is 0. The zero-order valence-corrected chi connectivity index (χ0v) is 32.8. The van der Waals surface area contributed by atoms with E-state index in [1.807, 2.05) is 48.6 Å². The fourth-order valence-electron chi connectivity index (χ4n) is 4.58. The lowest BCUT2D eigenvalue weighted by Gasteiger charge is -2.28. The molecule has 3 fully saturated rings. The SMILES string of the molecule is C=CCC.C=CCc1cc(C(C)(C)c2ccc(OCC3CO3)c(CC=C)c2)ccc1OCC1CO1.II.c1ccc(OCC2CO2)cc1. The maximum atomic E-state index is 5.99. The summed E-state index contributed by atoms with van der Waals surface area (Å²) in [7, 11) is 0. The average Bonchev–Trinajstić information content (AvgIpc) is 3.96. The van der Waals surface area contributed by atoms with Crippen molar-refractivity contribution in [1.82, 2.24) is 0 Å². The van der Waals surface area contributed by atoms with E-state index >= 15 is 0 Å². The van der Waals surface area contributed by atoms with Crippen molar-refractivity contribution in [3.8, 4) is 17.2 Å². The number of benzene rings is 3. The summed E-state index contributed by atoms with van der Waals surface area (Å²) in [5.41, 5.74) is 4.60. The highest BCUT2D eigenvalue weighted by Crippen LogP contribution is 2.37. The van der Waals surface area contributed by atoms with Crippen LogP contribution in [-0.2, 0) is 32.5 Å². The Hall–Kier alpha value is -2.38. The van der Waals surface area contributed by atoms with Crippen LogP contribution in [-0.4, -0.2) is 58.0 Å². The van der Waals surface area contributed by atoms with Gasteiger partial charge in [0.15, 0.2) is 0 Å². The third-order valence-corrected chi connectivity index (χ3v) is 7.82. The van der Waals surface area contributed by atoms with Gasteiger partial charge in [-0.1, -0.05) is 81.5 Å². The van der Waals surface area contributed by atoms with E-state index in [9.17, 15) is 0 Å². The van der Waals surface area contributed by atoms with Gasteiger partial charge in [0.1, 0.15) is 55.4 Å². The average molecular weight is 881 g/mol. The van der Waals surface area contributed by atoms with Crippen molar-refractivity contribution in [3.05, 3.63) is 127 Å². The van der Waals surface area contributed by atoms with E-state index in [1.165, 1.54) is 11.1 Å². The minimum Gasteiger partial charge on any atom is -0.491 e. The second kappa shape index (κ2) is 21.7. The highest BCUT2D eigenvalue weighted by molar-refractivity contribution is 15.0. The Morgan fingerprint density at radius 1 is 0.667 bits per heavy atom. The molecule has 0 amide bonds. The van der Waals surface area contributed by atoms with Gasteiger partial charge in [-0.2, -0.15) is 0 Å². The lowest BCUT2D eigenvalue weighted by Crippen LogP contribution is -2.20. The highest BCUT2D eigenvalue weighted by Gasteiger charge is 2.28. The van der Waals surface area contributed by atoms with Crippen LogP contribution in [0.4, 0.5) is 0 Å². The third-order valence-electron chi connectivity index (χ3n) is 7.82. The number of ether oxygens (including phenoxy) is 6. The number of hydrogen-bond acceptors (Lipinski definition) is 6. The Labute approximate surface area is 311 Å². The first-order valence-electron chi connectivity index (χ1n) is 16.4. The minimum absolute atomic E-state index is 0.178. The van der Waals surface area contributed by atoms with Crippen LogP contribution < -0.4 is 14.2 Å². The predicted molar refractivity (Wildman–Crippen MR) is 213 cm³/mol. The fourth-order valence-corrected chi connectivity index (χ4v) is 4.58. The van der Waals surface area contributed by atoms with E-state index in [0.29, 0.717) is 25.9 Å². The van der Waals surface area contributed by atoms with Gasteiger partial charge >= 0.3 is 0 Å². The van der Waals surface area contributed by atoms with E-state index < -0.39 is 0 Å². The first kappa shape index (κ1) is 40.1. The van der Waals surface area contributed by atoms with E-state index in [-0.39, 0.29) is 17.6 Å². The second-order valence-corrected chi connectivity index (χ2v) is 12.1. The van der Waals surface area contributed by atoms with Gasteiger partial charge < -0.3 is 28.4 Å². The van der Waals surface area contributed by atoms with Gasteiger partial charge in [-0.05, 0) is 65.8 Å². The molecule has 48 heavy (non-hydrogen) atoms. The highest BCUT2D eigenvalue weighted by atomic mass is 128. The number of rotatable bonds is 16. The van der Waals surface area contributed by atoms with Gasteiger partial charge in [0.25, 0.3) is 0 Å². The molecule has 0 aromatic heterocycles. The zero-order valence-electron chi connectivity index (χ0n) is 28.5. The van der Waals surface area contributed by atoms with Crippen LogP contribution in [0.3, 0.4) is 0 Å². The predicted octanol–water partition coefficient (Wildman–Crippen LogP) is 9.84. The Morgan fingerprint density at radius 2 is 1.06 bits per heavy atom. The van der Waals surface area contributed by atoms with Crippen LogP contribution in [0.1, 0.15) is 49.4 Å².